The van der Waals surface area contributed by atoms with E-state index in [0.29, 0.717) is 42.4 Å². The van der Waals surface area contributed by atoms with Gasteiger partial charge in [0.15, 0.2) is 5.69 Å². The molecule has 172 valence electrons. The molecule has 0 radical (unpaired) electrons. The number of carbonyl (C=O) groups excluding carboxylic acids is 2. The first kappa shape index (κ1) is 24.2. The molecule has 4 N–H and O–H groups in total. The van der Waals surface area contributed by atoms with Gasteiger partial charge in [-0.3, -0.25) is 9.59 Å². The summed E-state index contributed by atoms with van der Waals surface area (Å²) >= 11 is 1.55. The maximum atomic E-state index is 13.1. The zero-order valence-corrected chi connectivity index (χ0v) is 19.7. The van der Waals surface area contributed by atoms with Crippen LogP contribution in [0.25, 0.3) is 0 Å². The molecule has 33 heavy (non-hydrogen) atoms. The van der Waals surface area contributed by atoms with Gasteiger partial charge >= 0.3 is 0 Å². The van der Waals surface area contributed by atoms with Crippen LogP contribution in [0.1, 0.15) is 38.5 Å². The van der Waals surface area contributed by atoms with Gasteiger partial charge in [0.1, 0.15) is 11.6 Å². The standard InChI is InChI=1S/C24H27N5O3S/c1-15-5-10-21(26-14-15)29-24(31)22-19(9-6-16(2)27-22)28-23(30)18-8-7-17(33-3)13-20(18)32-12-4-11-25/h5-10,13-14H,4,11-12,25H2,1-3H3,(H,28,30)(H,26,29,31). The number of aromatic nitrogens is 2. The summed E-state index contributed by atoms with van der Waals surface area (Å²) in [7, 11) is 0. The van der Waals surface area contributed by atoms with Crippen molar-refractivity contribution in [1.29, 1.82) is 0 Å². The fraction of sp³-hybridized carbons (Fsp3) is 0.250. The Morgan fingerprint density at radius 3 is 2.58 bits per heavy atom. The van der Waals surface area contributed by atoms with Gasteiger partial charge in [-0.2, -0.15) is 0 Å². The van der Waals surface area contributed by atoms with Crippen molar-refractivity contribution in [2.24, 2.45) is 5.73 Å². The molecule has 0 unspecified atom stereocenters. The van der Waals surface area contributed by atoms with E-state index in [2.05, 4.69) is 20.6 Å². The Morgan fingerprint density at radius 2 is 1.88 bits per heavy atom. The smallest absolute Gasteiger partial charge is 0.277 e. The molecule has 0 saturated carbocycles. The molecule has 0 atom stereocenters. The Hall–Kier alpha value is -3.43. The molecule has 0 aliphatic heterocycles. The lowest BCUT2D eigenvalue weighted by Crippen LogP contribution is -2.21. The second-order valence-corrected chi connectivity index (χ2v) is 8.21. The lowest BCUT2D eigenvalue weighted by molar-refractivity contribution is 0.102. The van der Waals surface area contributed by atoms with E-state index in [4.69, 9.17) is 10.5 Å². The third-order valence-corrected chi connectivity index (χ3v) is 5.42. The van der Waals surface area contributed by atoms with E-state index in [-0.39, 0.29) is 11.4 Å². The van der Waals surface area contributed by atoms with Crippen molar-refractivity contribution >= 4 is 35.1 Å². The van der Waals surface area contributed by atoms with Gasteiger partial charge in [-0.15, -0.1) is 11.8 Å². The second-order valence-electron chi connectivity index (χ2n) is 7.33. The van der Waals surface area contributed by atoms with Crippen molar-refractivity contribution in [2.75, 3.05) is 30.0 Å². The van der Waals surface area contributed by atoms with Gasteiger partial charge in [-0.25, -0.2) is 9.97 Å². The van der Waals surface area contributed by atoms with E-state index in [9.17, 15) is 9.59 Å². The summed E-state index contributed by atoms with van der Waals surface area (Å²) in [4.78, 5) is 35.5. The zero-order chi connectivity index (χ0) is 23.8. The minimum Gasteiger partial charge on any atom is -0.493 e. The number of pyridine rings is 2. The van der Waals surface area contributed by atoms with E-state index in [0.717, 1.165) is 10.5 Å². The van der Waals surface area contributed by atoms with E-state index in [1.807, 2.05) is 31.4 Å². The maximum absolute atomic E-state index is 13.1. The van der Waals surface area contributed by atoms with Crippen LogP contribution in [-0.2, 0) is 0 Å². The number of nitrogens with two attached hydrogens (primary N) is 1. The van der Waals surface area contributed by atoms with Crippen LogP contribution in [0.5, 0.6) is 5.75 Å². The van der Waals surface area contributed by atoms with Gasteiger partial charge in [0.2, 0.25) is 0 Å². The van der Waals surface area contributed by atoms with Crippen LogP contribution >= 0.6 is 11.8 Å². The van der Waals surface area contributed by atoms with Crippen LogP contribution in [0.4, 0.5) is 11.5 Å². The highest BCUT2D eigenvalue weighted by Crippen LogP contribution is 2.27. The summed E-state index contributed by atoms with van der Waals surface area (Å²) in [6, 6.07) is 12.3. The Bertz CT molecular complexity index is 1140. The number of hydrogen-bond donors (Lipinski definition) is 3. The SMILES string of the molecule is CSc1ccc(C(=O)Nc2ccc(C)nc2C(=O)Nc2ccc(C)cn2)c(OCCCN)c1. The molecular formula is C24H27N5O3S. The number of amides is 2. The summed E-state index contributed by atoms with van der Waals surface area (Å²) < 4.78 is 5.81. The topological polar surface area (TPSA) is 119 Å². The van der Waals surface area contributed by atoms with E-state index in [1.165, 1.54) is 0 Å². The minimum absolute atomic E-state index is 0.0945. The van der Waals surface area contributed by atoms with Crippen LogP contribution in [-0.4, -0.2) is 41.2 Å². The second kappa shape index (κ2) is 11.4. The highest BCUT2D eigenvalue weighted by molar-refractivity contribution is 7.98. The van der Waals surface area contributed by atoms with Crippen molar-refractivity contribution in [1.82, 2.24) is 9.97 Å². The Labute approximate surface area is 197 Å². The summed E-state index contributed by atoms with van der Waals surface area (Å²) in [6.07, 6.45) is 4.28. The van der Waals surface area contributed by atoms with Crippen molar-refractivity contribution in [3.05, 3.63) is 71.2 Å². The molecular weight excluding hydrogens is 438 g/mol. The number of benzene rings is 1. The molecule has 2 amide bonds. The van der Waals surface area contributed by atoms with Crippen LogP contribution in [0.2, 0.25) is 0 Å². The first-order valence-electron chi connectivity index (χ1n) is 10.4. The predicted molar refractivity (Wildman–Crippen MR) is 131 cm³/mol. The van der Waals surface area contributed by atoms with Gasteiger partial charge in [-0.1, -0.05) is 6.07 Å². The molecule has 0 bridgehead atoms. The summed E-state index contributed by atoms with van der Waals surface area (Å²) in [5.74, 6) is -0.0155. The highest BCUT2D eigenvalue weighted by atomic mass is 32.2. The Balaban J connectivity index is 1.85. The van der Waals surface area contributed by atoms with Crippen LogP contribution in [0.3, 0.4) is 0 Å². The first-order valence-corrected chi connectivity index (χ1v) is 11.7. The first-order chi connectivity index (χ1) is 15.9. The third kappa shape index (κ3) is 6.53. The van der Waals surface area contributed by atoms with E-state index in [1.54, 1.807) is 49.1 Å². The van der Waals surface area contributed by atoms with E-state index >= 15 is 0 Å². The monoisotopic (exact) mass is 465 g/mol. The van der Waals surface area contributed by atoms with Crippen molar-refractivity contribution in [2.45, 2.75) is 25.2 Å². The summed E-state index contributed by atoms with van der Waals surface area (Å²) in [5.41, 5.74) is 7.92. The number of thioether (sulfide) groups is 1. The molecule has 9 heteroatoms. The van der Waals surface area contributed by atoms with Gasteiger partial charge < -0.3 is 21.1 Å². The number of nitrogens with zero attached hydrogens (tertiary/aromatic N) is 2. The molecule has 1 aromatic carbocycles. The number of hydrogen-bond acceptors (Lipinski definition) is 7. The number of nitrogens with one attached hydrogen (secondary N) is 2. The molecule has 0 aliphatic rings. The maximum Gasteiger partial charge on any atom is 0.277 e. The fourth-order valence-corrected chi connectivity index (χ4v) is 3.37. The largest absolute Gasteiger partial charge is 0.493 e. The average molecular weight is 466 g/mol. The zero-order valence-electron chi connectivity index (χ0n) is 18.8. The Morgan fingerprint density at radius 1 is 1.06 bits per heavy atom. The predicted octanol–water partition coefficient (Wildman–Crippen LogP) is 4.05. The average Bonchev–Trinajstić information content (AvgIpc) is 2.81. The number of aryl methyl sites for hydroxylation is 2. The van der Waals surface area contributed by atoms with Gasteiger partial charge in [-0.05, 0) is 75.0 Å². The minimum atomic E-state index is -0.470. The lowest BCUT2D eigenvalue weighted by Gasteiger charge is -2.14. The molecule has 0 spiro atoms. The van der Waals surface area contributed by atoms with Crippen molar-refractivity contribution < 1.29 is 14.3 Å². The van der Waals surface area contributed by atoms with Crippen LogP contribution in [0, 0.1) is 13.8 Å². The normalized spacial score (nSPS) is 10.5. The molecule has 3 rings (SSSR count). The molecule has 8 nitrogen and oxygen atoms in total. The van der Waals surface area contributed by atoms with Gasteiger partial charge in [0, 0.05) is 16.8 Å². The van der Waals surface area contributed by atoms with E-state index < -0.39 is 11.8 Å². The molecule has 2 aromatic heterocycles. The van der Waals surface area contributed by atoms with Crippen molar-refractivity contribution in [3.63, 3.8) is 0 Å². The summed E-state index contributed by atoms with van der Waals surface area (Å²) in [6.45, 7) is 4.58. The molecule has 0 saturated heterocycles. The fourth-order valence-electron chi connectivity index (χ4n) is 2.94. The lowest BCUT2D eigenvalue weighted by atomic mass is 10.1. The number of rotatable bonds is 9. The Kier molecular flexibility index (Phi) is 8.39. The number of anilines is 2. The third-order valence-electron chi connectivity index (χ3n) is 4.69. The number of ether oxygens (including phenoxy) is 1. The molecule has 0 fully saturated rings. The number of carbonyl (C=O) groups is 2. The van der Waals surface area contributed by atoms with Crippen LogP contribution in [0.15, 0.2) is 53.6 Å². The van der Waals surface area contributed by atoms with Crippen molar-refractivity contribution in [3.8, 4) is 5.75 Å². The molecule has 2 heterocycles. The van der Waals surface area contributed by atoms with Crippen LogP contribution < -0.4 is 21.1 Å². The summed E-state index contributed by atoms with van der Waals surface area (Å²) in [5, 5.41) is 5.53. The molecule has 3 aromatic rings. The quantitative estimate of drug-likeness (QED) is 0.322. The molecule has 0 aliphatic carbocycles. The van der Waals surface area contributed by atoms with Gasteiger partial charge in [0.25, 0.3) is 11.8 Å². The van der Waals surface area contributed by atoms with Gasteiger partial charge in [0.05, 0.1) is 17.9 Å². The highest BCUT2D eigenvalue weighted by Gasteiger charge is 2.19.